The predicted molar refractivity (Wildman–Crippen MR) is 50.3 cm³/mol. The zero-order valence-corrected chi connectivity index (χ0v) is 8.05. The van der Waals surface area contributed by atoms with Crippen LogP contribution in [-0.2, 0) is 4.79 Å². The van der Waals surface area contributed by atoms with Crippen molar-refractivity contribution < 1.29 is 9.90 Å². The maximum atomic E-state index is 11.0. The molecule has 4 heteroatoms. The largest absolute Gasteiger partial charge is 0.384 e. The van der Waals surface area contributed by atoms with Gasteiger partial charge in [0.05, 0.1) is 0 Å². The van der Waals surface area contributed by atoms with Crippen LogP contribution in [0.2, 0.25) is 0 Å². The molecule has 1 heterocycles. The van der Waals surface area contributed by atoms with Gasteiger partial charge < -0.3 is 15.7 Å². The molecule has 1 rings (SSSR count). The predicted octanol–water partition coefficient (Wildman–Crippen LogP) is -0.517. The first-order chi connectivity index (χ1) is 6.20. The molecule has 76 valence electrons. The van der Waals surface area contributed by atoms with Crippen LogP contribution in [0.5, 0.6) is 0 Å². The minimum absolute atomic E-state index is 0.265. The van der Waals surface area contributed by atoms with Gasteiger partial charge in [0, 0.05) is 6.54 Å². The first kappa shape index (κ1) is 10.5. The summed E-state index contributed by atoms with van der Waals surface area (Å²) >= 11 is 0. The van der Waals surface area contributed by atoms with E-state index in [2.05, 4.69) is 10.6 Å². The van der Waals surface area contributed by atoms with Crippen molar-refractivity contribution in [3.05, 3.63) is 0 Å². The number of rotatable bonds is 3. The Kier molecular flexibility index (Phi) is 4.18. The van der Waals surface area contributed by atoms with E-state index < -0.39 is 6.10 Å². The number of amides is 1. The van der Waals surface area contributed by atoms with Gasteiger partial charge in [0.25, 0.3) is 0 Å². The summed E-state index contributed by atoms with van der Waals surface area (Å²) < 4.78 is 0. The summed E-state index contributed by atoms with van der Waals surface area (Å²) in [4.78, 5) is 11.0. The van der Waals surface area contributed by atoms with Gasteiger partial charge in [0.1, 0.15) is 6.10 Å². The smallest absolute Gasteiger partial charge is 0.248 e. The van der Waals surface area contributed by atoms with Crippen LogP contribution in [0, 0.1) is 5.92 Å². The molecule has 0 aliphatic carbocycles. The Morgan fingerprint density at radius 3 is 2.77 bits per heavy atom. The Labute approximate surface area is 78.7 Å². The van der Waals surface area contributed by atoms with Gasteiger partial charge in [-0.05, 0) is 38.8 Å². The molecule has 0 saturated carbocycles. The molecular weight excluding hydrogens is 168 g/mol. The van der Waals surface area contributed by atoms with E-state index in [1.807, 2.05) is 0 Å². The van der Waals surface area contributed by atoms with Crippen LogP contribution in [0.15, 0.2) is 0 Å². The zero-order chi connectivity index (χ0) is 9.68. The maximum Gasteiger partial charge on any atom is 0.248 e. The van der Waals surface area contributed by atoms with Crippen molar-refractivity contribution in [2.75, 3.05) is 19.6 Å². The molecule has 0 aromatic rings. The third-order valence-electron chi connectivity index (χ3n) is 2.40. The summed E-state index contributed by atoms with van der Waals surface area (Å²) in [6, 6.07) is 0. The highest BCUT2D eigenvalue weighted by molar-refractivity contribution is 5.79. The summed E-state index contributed by atoms with van der Waals surface area (Å²) in [6.45, 7) is 4.26. The van der Waals surface area contributed by atoms with E-state index in [9.17, 15) is 4.79 Å². The summed E-state index contributed by atoms with van der Waals surface area (Å²) in [5, 5.41) is 14.9. The fourth-order valence-corrected chi connectivity index (χ4v) is 1.48. The number of carbonyl (C=O) groups excluding carboxylic acids is 1. The highest BCUT2D eigenvalue weighted by Gasteiger charge is 2.15. The van der Waals surface area contributed by atoms with Crippen LogP contribution < -0.4 is 10.6 Å². The Morgan fingerprint density at radius 2 is 2.23 bits per heavy atom. The van der Waals surface area contributed by atoms with E-state index >= 15 is 0 Å². The number of hydrogen-bond acceptors (Lipinski definition) is 3. The highest BCUT2D eigenvalue weighted by atomic mass is 16.3. The van der Waals surface area contributed by atoms with Gasteiger partial charge in [-0.1, -0.05) is 0 Å². The summed E-state index contributed by atoms with van der Waals surface area (Å²) in [5.74, 6) is 0.308. The molecule has 0 aromatic heterocycles. The van der Waals surface area contributed by atoms with Crippen molar-refractivity contribution in [3.8, 4) is 0 Å². The first-order valence-electron chi connectivity index (χ1n) is 4.86. The third kappa shape index (κ3) is 3.74. The van der Waals surface area contributed by atoms with Crippen molar-refractivity contribution in [2.45, 2.75) is 25.9 Å². The van der Waals surface area contributed by atoms with Crippen LogP contribution in [0.25, 0.3) is 0 Å². The zero-order valence-electron chi connectivity index (χ0n) is 8.05. The van der Waals surface area contributed by atoms with Gasteiger partial charge >= 0.3 is 0 Å². The van der Waals surface area contributed by atoms with Crippen molar-refractivity contribution in [3.63, 3.8) is 0 Å². The second-order valence-electron chi connectivity index (χ2n) is 3.61. The molecule has 3 N–H and O–H groups in total. The lowest BCUT2D eigenvalue weighted by Crippen LogP contribution is -2.39. The molecular formula is C9H18N2O2. The van der Waals surface area contributed by atoms with Crippen LogP contribution in [0.3, 0.4) is 0 Å². The van der Waals surface area contributed by atoms with Crippen LogP contribution >= 0.6 is 0 Å². The molecule has 0 radical (unpaired) electrons. The van der Waals surface area contributed by atoms with Gasteiger partial charge in [-0.25, -0.2) is 0 Å². The van der Waals surface area contributed by atoms with Crippen molar-refractivity contribution in [1.82, 2.24) is 10.6 Å². The van der Waals surface area contributed by atoms with Gasteiger partial charge in [-0.15, -0.1) is 0 Å². The van der Waals surface area contributed by atoms with Crippen molar-refractivity contribution in [1.29, 1.82) is 0 Å². The number of hydrogen-bond donors (Lipinski definition) is 3. The second-order valence-corrected chi connectivity index (χ2v) is 3.61. The molecule has 1 atom stereocenters. The fraction of sp³-hybridized carbons (Fsp3) is 0.889. The molecule has 1 fully saturated rings. The lowest BCUT2D eigenvalue weighted by atomic mass is 9.98. The minimum atomic E-state index is -0.887. The molecule has 0 spiro atoms. The molecule has 4 nitrogen and oxygen atoms in total. The maximum absolute atomic E-state index is 11.0. The van der Waals surface area contributed by atoms with E-state index in [4.69, 9.17) is 5.11 Å². The molecule has 0 aromatic carbocycles. The average molecular weight is 186 g/mol. The van der Waals surface area contributed by atoms with Gasteiger partial charge in [0.15, 0.2) is 0 Å². The molecule has 1 aliphatic rings. The standard InChI is InChI=1S/C9H18N2O2/c1-7(12)9(13)11-6-8-2-4-10-5-3-8/h7-8,10,12H,2-6H2,1H3,(H,11,13). The summed E-state index contributed by atoms with van der Waals surface area (Å²) in [5.41, 5.74) is 0. The van der Waals surface area contributed by atoms with E-state index in [0.29, 0.717) is 12.5 Å². The number of aliphatic hydroxyl groups is 1. The van der Waals surface area contributed by atoms with Crippen molar-refractivity contribution in [2.24, 2.45) is 5.92 Å². The molecule has 0 bridgehead atoms. The van der Waals surface area contributed by atoms with Crippen LogP contribution in [0.4, 0.5) is 0 Å². The fourth-order valence-electron chi connectivity index (χ4n) is 1.48. The number of nitrogens with one attached hydrogen (secondary N) is 2. The second kappa shape index (κ2) is 5.19. The number of carbonyl (C=O) groups is 1. The Morgan fingerprint density at radius 1 is 1.62 bits per heavy atom. The van der Waals surface area contributed by atoms with E-state index in [1.165, 1.54) is 6.92 Å². The van der Waals surface area contributed by atoms with E-state index in [0.717, 1.165) is 25.9 Å². The van der Waals surface area contributed by atoms with Gasteiger partial charge in [-0.2, -0.15) is 0 Å². The molecule has 13 heavy (non-hydrogen) atoms. The molecule has 1 aliphatic heterocycles. The Balaban J connectivity index is 2.13. The lowest BCUT2D eigenvalue weighted by Gasteiger charge is -2.22. The normalized spacial score (nSPS) is 21.1. The first-order valence-corrected chi connectivity index (χ1v) is 4.86. The Hall–Kier alpha value is -0.610. The summed E-state index contributed by atoms with van der Waals surface area (Å²) in [7, 11) is 0. The van der Waals surface area contributed by atoms with E-state index in [-0.39, 0.29) is 5.91 Å². The van der Waals surface area contributed by atoms with Crippen LogP contribution in [-0.4, -0.2) is 36.8 Å². The number of aliphatic hydroxyl groups excluding tert-OH is 1. The van der Waals surface area contributed by atoms with Gasteiger partial charge in [-0.3, -0.25) is 4.79 Å². The van der Waals surface area contributed by atoms with E-state index in [1.54, 1.807) is 0 Å². The quantitative estimate of drug-likeness (QED) is 0.556. The number of piperidine rings is 1. The average Bonchev–Trinajstić information content (AvgIpc) is 2.15. The lowest BCUT2D eigenvalue weighted by molar-refractivity contribution is -0.128. The SMILES string of the molecule is CC(O)C(=O)NCC1CCNCC1. The van der Waals surface area contributed by atoms with Crippen LogP contribution in [0.1, 0.15) is 19.8 Å². The molecule has 1 amide bonds. The van der Waals surface area contributed by atoms with Gasteiger partial charge in [0.2, 0.25) is 5.91 Å². The molecule has 1 unspecified atom stereocenters. The topological polar surface area (TPSA) is 61.4 Å². The summed E-state index contributed by atoms with van der Waals surface area (Å²) in [6.07, 6.45) is 1.34. The van der Waals surface area contributed by atoms with Crippen molar-refractivity contribution >= 4 is 5.91 Å². The third-order valence-corrected chi connectivity index (χ3v) is 2.40. The highest BCUT2D eigenvalue weighted by Crippen LogP contribution is 2.09. The molecule has 1 saturated heterocycles. The minimum Gasteiger partial charge on any atom is -0.384 e. The Bertz CT molecular complexity index is 165. The monoisotopic (exact) mass is 186 g/mol.